The number of alkyl halides is 2. The van der Waals surface area contributed by atoms with E-state index in [1.807, 2.05) is 0 Å². The van der Waals surface area contributed by atoms with Gasteiger partial charge in [0.1, 0.15) is 6.73 Å². The monoisotopic (exact) mass is 246 g/mol. The molecule has 1 aliphatic carbocycles. The van der Waals surface area contributed by atoms with Crippen LogP contribution in [0.2, 0.25) is 0 Å². The fraction of sp³-hybridized carbons (Fsp3) is 0.727. The number of halogens is 2. The second-order valence-corrected chi connectivity index (χ2v) is 4.50. The van der Waals surface area contributed by atoms with Crippen LogP contribution in [0.3, 0.4) is 0 Å². The Morgan fingerprint density at radius 2 is 2.41 bits per heavy atom. The van der Waals surface area contributed by atoms with Gasteiger partial charge in [0, 0.05) is 32.1 Å². The summed E-state index contributed by atoms with van der Waals surface area (Å²) in [6.07, 6.45) is 1.99. The van der Waals surface area contributed by atoms with Crippen LogP contribution >= 0.6 is 0 Å². The van der Waals surface area contributed by atoms with Crippen LogP contribution in [-0.4, -0.2) is 34.0 Å². The van der Waals surface area contributed by atoms with Crippen molar-refractivity contribution in [3.63, 3.8) is 0 Å². The van der Waals surface area contributed by atoms with Crippen LogP contribution in [0.25, 0.3) is 0 Å². The number of methoxy groups -OCH3 is 1. The molecular weight excluding hydrogens is 230 g/mol. The van der Waals surface area contributed by atoms with Crippen molar-refractivity contribution in [2.24, 2.45) is 0 Å². The Morgan fingerprint density at radius 1 is 1.65 bits per heavy atom. The zero-order chi connectivity index (χ0) is 12.5. The lowest BCUT2D eigenvalue weighted by molar-refractivity contribution is -0.0839. The quantitative estimate of drug-likeness (QED) is 0.883. The normalized spacial score (nSPS) is 28.2. The third kappa shape index (κ3) is 2.81. The van der Waals surface area contributed by atoms with E-state index >= 15 is 0 Å². The summed E-state index contributed by atoms with van der Waals surface area (Å²) in [6, 6.07) is 0. The van der Waals surface area contributed by atoms with E-state index in [0.29, 0.717) is 6.73 Å². The molecule has 1 aliphatic rings. The first-order chi connectivity index (χ1) is 8.02. The maximum atomic E-state index is 13.1. The molecule has 0 unspecified atom stereocenters. The lowest BCUT2D eigenvalue weighted by Gasteiger charge is -2.32. The van der Waals surface area contributed by atoms with Gasteiger partial charge in [-0.25, -0.2) is 13.5 Å². The molecule has 1 aromatic heterocycles. The second kappa shape index (κ2) is 4.70. The van der Waals surface area contributed by atoms with Crippen LogP contribution in [0.15, 0.2) is 12.4 Å². The van der Waals surface area contributed by atoms with E-state index in [0.717, 1.165) is 5.56 Å². The summed E-state index contributed by atoms with van der Waals surface area (Å²) in [4.78, 5) is 0. The van der Waals surface area contributed by atoms with Crippen molar-refractivity contribution in [3.05, 3.63) is 18.0 Å². The van der Waals surface area contributed by atoms with Gasteiger partial charge < -0.3 is 9.84 Å². The number of aromatic nitrogens is 2. The molecule has 0 spiro atoms. The van der Waals surface area contributed by atoms with Crippen molar-refractivity contribution in [2.45, 2.75) is 43.9 Å². The summed E-state index contributed by atoms with van der Waals surface area (Å²) >= 11 is 0. The molecule has 1 saturated carbocycles. The molecule has 1 N–H and O–H groups in total. The number of hydrogen-bond donors (Lipinski definition) is 1. The van der Waals surface area contributed by atoms with Gasteiger partial charge in [-0.3, -0.25) is 0 Å². The largest absolute Gasteiger partial charge is 0.392 e. The van der Waals surface area contributed by atoms with Crippen LogP contribution in [-0.2, 0) is 11.5 Å². The van der Waals surface area contributed by atoms with Gasteiger partial charge in [-0.2, -0.15) is 5.10 Å². The molecule has 1 heterocycles. The molecule has 0 aliphatic heterocycles. The maximum Gasteiger partial charge on any atom is 0.250 e. The Balaban J connectivity index is 2.06. The molecule has 0 amide bonds. The Hall–Kier alpha value is -1.01. The van der Waals surface area contributed by atoms with Gasteiger partial charge in [-0.05, 0) is 12.0 Å². The Labute approximate surface area is 98.2 Å². The Morgan fingerprint density at radius 3 is 3.06 bits per heavy atom. The molecule has 2 rings (SSSR count). The van der Waals surface area contributed by atoms with Crippen LogP contribution in [0.1, 0.15) is 30.7 Å². The van der Waals surface area contributed by atoms with Crippen molar-refractivity contribution in [1.29, 1.82) is 0 Å². The number of aliphatic hydroxyl groups excluding tert-OH is 1. The lowest BCUT2D eigenvalue weighted by atomic mass is 9.81. The smallest absolute Gasteiger partial charge is 0.250 e. The van der Waals surface area contributed by atoms with Gasteiger partial charge in [0.2, 0.25) is 0 Å². The minimum Gasteiger partial charge on any atom is -0.392 e. The number of nitrogens with zero attached hydrogens (tertiary/aromatic N) is 2. The molecule has 0 radical (unpaired) electrons. The van der Waals surface area contributed by atoms with E-state index in [2.05, 4.69) is 5.10 Å². The van der Waals surface area contributed by atoms with Gasteiger partial charge in [0.05, 0.1) is 12.3 Å². The topological polar surface area (TPSA) is 47.3 Å². The second-order valence-electron chi connectivity index (χ2n) is 4.50. The maximum absolute atomic E-state index is 13.1. The third-order valence-corrected chi connectivity index (χ3v) is 3.14. The van der Waals surface area contributed by atoms with Crippen molar-refractivity contribution >= 4 is 0 Å². The molecule has 1 fully saturated rings. The summed E-state index contributed by atoms with van der Waals surface area (Å²) in [5, 5.41) is 13.8. The van der Waals surface area contributed by atoms with Crippen molar-refractivity contribution in [1.82, 2.24) is 9.78 Å². The first kappa shape index (κ1) is 12.4. The molecule has 4 nitrogen and oxygen atoms in total. The summed E-state index contributed by atoms with van der Waals surface area (Å²) in [7, 11) is 1.55. The highest BCUT2D eigenvalue weighted by molar-refractivity contribution is 5.15. The molecule has 0 bridgehead atoms. The SMILES string of the molecule is COCn1cc([C@H]2CCC(F)(F)C[C@@H]2O)cn1. The first-order valence-electron chi connectivity index (χ1n) is 5.59. The highest BCUT2D eigenvalue weighted by Crippen LogP contribution is 2.40. The third-order valence-electron chi connectivity index (χ3n) is 3.14. The highest BCUT2D eigenvalue weighted by atomic mass is 19.3. The first-order valence-corrected chi connectivity index (χ1v) is 5.59. The predicted octanol–water partition coefficient (Wildman–Crippen LogP) is 1.75. The van der Waals surface area contributed by atoms with E-state index in [-0.39, 0.29) is 18.8 Å². The van der Waals surface area contributed by atoms with E-state index in [4.69, 9.17) is 4.74 Å². The molecule has 0 saturated heterocycles. The number of ether oxygens (including phenoxy) is 1. The summed E-state index contributed by atoms with van der Waals surface area (Å²) < 4.78 is 32.6. The highest BCUT2D eigenvalue weighted by Gasteiger charge is 2.41. The fourth-order valence-corrected chi connectivity index (χ4v) is 2.27. The summed E-state index contributed by atoms with van der Waals surface area (Å²) in [6.45, 7) is 0.318. The van der Waals surface area contributed by atoms with Gasteiger partial charge >= 0.3 is 0 Å². The Kier molecular flexibility index (Phi) is 3.44. The number of rotatable bonds is 3. The molecule has 6 heteroatoms. The number of hydrogen-bond acceptors (Lipinski definition) is 3. The minimum absolute atomic E-state index is 0.176. The van der Waals surface area contributed by atoms with E-state index in [1.165, 1.54) is 0 Å². The summed E-state index contributed by atoms with van der Waals surface area (Å²) in [5.41, 5.74) is 0.796. The molecule has 17 heavy (non-hydrogen) atoms. The van der Waals surface area contributed by atoms with Gasteiger partial charge in [0.25, 0.3) is 5.92 Å². The number of aliphatic hydroxyl groups is 1. The van der Waals surface area contributed by atoms with Gasteiger partial charge in [-0.15, -0.1) is 0 Å². The molecule has 1 aromatic rings. The molecular formula is C11H16F2N2O2. The van der Waals surface area contributed by atoms with E-state index in [1.54, 1.807) is 24.2 Å². The van der Waals surface area contributed by atoms with E-state index < -0.39 is 18.4 Å². The van der Waals surface area contributed by atoms with Crippen LogP contribution in [0.5, 0.6) is 0 Å². The molecule has 2 atom stereocenters. The summed E-state index contributed by atoms with van der Waals surface area (Å²) in [5.74, 6) is -2.99. The average molecular weight is 246 g/mol. The predicted molar refractivity (Wildman–Crippen MR) is 56.8 cm³/mol. The van der Waals surface area contributed by atoms with Crippen LogP contribution < -0.4 is 0 Å². The molecule has 0 aromatic carbocycles. The zero-order valence-corrected chi connectivity index (χ0v) is 9.64. The van der Waals surface area contributed by atoms with Crippen molar-refractivity contribution in [2.75, 3.05) is 7.11 Å². The van der Waals surface area contributed by atoms with Gasteiger partial charge in [0.15, 0.2) is 0 Å². The van der Waals surface area contributed by atoms with Crippen LogP contribution in [0, 0.1) is 0 Å². The van der Waals surface area contributed by atoms with Crippen molar-refractivity contribution in [3.8, 4) is 0 Å². The fourth-order valence-electron chi connectivity index (χ4n) is 2.27. The minimum atomic E-state index is -2.74. The van der Waals surface area contributed by atoms with Crippen molar-refractivity contribution < 1.29 is 18.6 Å². The lowest BCUT2D eigenvalue weighted by Crippen LogP contribution is -2.34. The zero-order valence-electron chi connectivity index (χ0n) is 9.64. The standard InChI is InChI=1S/C11H16F2N2O2/c1-17-7-15-6-8(5-14-15)9-2-3-11(12,13)4-10(9)16/h5-6,9-10,16H,2-4,7H2,1H3/t9-,10+/m1/s1. The Bertz CT molecular complexity index is 381. The average Bonchev–Trinajstić information content (AvgIpc) is 2.65. The van der Waals surface area contributed by atoms with E-state index in [9.17, 15) is 13.9 Å². The van der Waals surface area contributed by atoms with Gasteiger partial charge in [-0.1, -0.05) is 0 Å². The molecule has 96 valence electrons. The van der Waals surface area contributed by atoms with Crippen LogP contribution in [0.4, 0.5) is 8.78 Å².